The lowest BCUT2D eigenvalue weighted by atomic mass is 9.97. The second-order valence-corrected chi connectivity index (χ2v) is 8.51. The maximum Gasteiger partial charge on any atom is 0.308 e. The monoisotopic (exact) mass is 440 g/mol. The second kappa shape index (κ2) is 9.43. The fraction of sp³-hybridized carbons (Fsp3) is 0.391. The van der Waals surface area contributed by atoms with E-state index in [-0.39, 0.29) is 30.9 Å². The Morgan fingerprint density at radius 2 is 1.94 bits per heavy atom. The van der Waals surface area contributed by atoms with Crippen LogP contribution in [0.3, 0.4) is 0 Å². The van der Waals surface area contributed by atoms with Crippen molar-refractivity contribution >= 4 is 33.3 Å². The molecule has 0 spiro atoms. The van der Waals surface area contributed by atoms with Crippen LogP contribution in [0.2, 0.25) is 0 Å². The minimum absolute atomic E-state index is 0.00399. The van der Waals surface area contributed by atoms with Crippen molar-refractivity contribution in [1.82, 2.24) is 9.55 Å². The van der Waals surface area contributed by atoms with Crippen molar-refractivity contribution in [2.75, 3.05) is 13.2 Å². The fourth-order valence-corrected chi connectivity index (χ4v) is 4.98. The summed E-state index contributed by atoms with van der Waals surface area (Å²) >= 11 is 1.60. The summed E-state index contributed by atoms with van der Waals surface area (Å²) in [5.41, 5.74) is 1.47. The van der Waals surface area contributed by atoms with Crippen molar-refractivity contribution in [2.24, 2.45) is 0 Å². The van der Waals surface area contributed by atoms with Crippen LogP contribution in [0.1, 0.15) is 47.0 Å². The van der Waals surface area contributed by atoms with Crippen molar-refractivity contribution in [3.8, 4) is 5.75 Å². The van der Waals surface area contributed by atoms with Crippen molar-refractivity contribution in [3.63, 3.8) is 0 Å². The molecule has 0 saturated carbocycles. The largest absolute Gasteiger partial charge is 0.494 e. The topological polar surface area (TPSA) is 87.5 Å². The van der Waals surface area contributed by atoms with Gasteiger partial charge in [0, 0.05) is 17.0 Å². The van der Waals surface area contributed by atoms with Crippen molar-refractivity contribution < 1.29 is 19.1 Å². The molecule has 7 nitrogen and oxygen atoms in total. The molecule has 0 bridgehead atoms. The molecule has 1 aliphatic carbocycles. The first-order valence-corrected chi connectivity index (χ1v) is 11.3. The number of aromatic nitrogens is 2. The molecule has 0 aliphatic heterocycles. The fourth-order valence-electron chi connectivity index (χ4n) is 3.76. The van der Waals surface area contributed by atoms with E-state index >= 15 is 0 Å². The van der Waals surface area contributed by atoms with Gasteiger partial charge in [0.2, 0.25) is 0 Å². The molecule has 2 aromatic heterocycles. The number of esters is 1. The Kier molecular flexibility index (Phi) is 6.46. The Morgan fingerprint density at radius 3 is 2.71 bits per heavy atom. The highest BCUT2D eigenvalue weighted by atomic mass is 32.1. The number of rotatable bonds is 8. The molecule has 4 rings (SSSR count). The molecule has 1 aliphatic rings. The number of carbonyl (C=O) groups excluding carboxylic acids is 2. The Hall–Kier alpha value is -3.00. The molecular formula is C23H24N2O5S. The van der Waals surface area contributed by atoms with Gasteiger partial charge >= 0.3 is 5.97 Å². The molecule has 0 fully saturated rings. The lowest BCUT2D eigenvalue weighted by Gasteiger charge is -2.10. The molecule has 0 radical (unpaired) electrons. The van der Waals surface area contributed by atoms with E-state index in [1.54, 1.807) is 35.6 Å². The van der Waals surface area contributed by atoms with Crippen LogP contribution in [-0.2, 0) is 28.9 Å². The number of hydrogen-bond donors (Lipinski definition) is 0. The average molecular weight is 441 g/mol. The quantitative estimate of drug-likeness (QED) is 0.393. The molecule has 162 valence electrons. The molecule has 2 heterocycles. The van der Waals surface area contributed by atoms with Crippen LogP contribution >= 0.6 is 11.3 Å². The predicted molar refractivity (Wildman–Crippen MR) is 118 cm³/mol. The number of benzene rings is 1. The summed E-state index contributed by atoms with van der Waals surface area (Å²) in [6.07, 6.45) is 5.63. The molecule has 0 saturated heterocycles. The van der Waals surface area contributed by atoms with Crippen molar-refractivity contribution in [3.05, 3.63) is 57.0 Å². The van der Waals surface area contributed by atoms with Crippen LogP contribution in [0.25, 0.3) is 10.2 Å². The van der Waals surface area contributed by atoms with Crippen LogP contribution in [0, 0.1) is 0 Å². The van der Waals surface area contributed by atoms with E-state index in [0.29, 0.717) is 23.3 Å². The third-order valence-electron chi connectivity index (χ3n) is 5.35. The highest BCUT2D eigenvalue weighted by Gasteiger charge is 2.20. The van der Waals surface area contributed by atoms with Crippen LogP contribution in [0.4, 0.5) is 0 Å². The van der Waals surface area contributed by atoms with E-state index in [9.17, 15) is 14.4 Å². The maximum absolute atomic E-state index is 12.9. The van der Waals surface area contributed by atoms with Gasteiger partial charge in [0.15, 0.2) is 12.4 Å². The van der Waals surface area contributed by atoms with Gasteiger partial charge in [-0.25, -0.2) is 4.98 Å². The number of nitrogens with zero attached hydrogens (tertiary/aromatic N) is 2. The average Bonchev–Trinajstić information content (AvgIpc) is 3.17. The first-order chi connectivity index (χ1) is 15.1. The van der Waals surface area contributed by atoms with Crippen LogP contribution in [-0.4, -0.2) is 34.5 Å². The minimum Gasteiger partial charge on any atom is -0.494 e. The number of carbonyl (C=O) groups is 2. The Labute approximate surface area is 183 Å². The number of ketones is 1. The number of fused-ring (bicyclic) bond motifs is 3. The Balaban J connectivity index is 1.34. The smallest absolute Gasteiger partial charge is 0.308 e. The maximum atomic E-state index is 12.9. The number of thiophene rings is 1. The van der Waals surface area contributed by atoms with Gasteiger partial charge in [-0.2, -0.15) is 0 Å². The summed E-state index contributed by atoms with van der Waals surface area (Å²) in [5.74, 6) is -0.140. The van der Waals surface area contributed by atoms with Gasteiger partial charge in [0.25, 0.3) is 5.56 Å². The first-order valence-electron chi connectivity index (χ1n) is 10.5. The molecule has 0 amide bonds. The van der Waals surface area contributed by atoms with Gasteiger partial charge in [0.05, 0.1) is 24.7 Å². The molecule has 31 heavy (non-hydrogen) atoms. The second-order valence-electron chi connectivity index (χ2n) is 7.43. The van der Waals surface area contributed by atoms with Gasteiger partial charge in [-0.3, -0.25) is 19.0 Å². The van der Waals surface area contributed by atoms with Crippen molar-refractivity contribution in [1.29, 1.82) is 0 Å². The molecule has 0 N–H and O–H groups in total. The summed E-state index contributed by atoms with van der Waals surface area (Å²) in [6.45, 7) is 2.26. The number of aryl methyl sites for hydroxylation is 3. The SMILES string of the molecule is CCOc1ccc(C(=O)COC(=O)CCn2cnc3sc4c(c3c2=O)CCCC4)cc1. The van der Waals surface area contributed by atoms with Gasteiger partial charge in [-0.1, -0.05) is 0 Å². The highest BCUT2D eigenvalue weighted by Crippen LogP contribution is 2.33. The van der Waals surface area contributed by atoms with Crippen LogP contribution in [0.5, 0.6) is 5.75 Å². The van der Waals surface area contributed by atoms with E-state index in [4.69, 9.17) is 9.47 Å². The van der Waals surface area contributed by atoms with Gasteiger partial charge in [0.1, 0.15) is 10.6 Å². The number of hydrogen-bond acceptors (Lipinski definition) is 7. The Bertz CT molecular complexity index is 1160. The van der Waals surface area contributed by atoms with Gasteiger partial charge < -0.3 is 9.47 Å². The summed E-state index contributed by atoms with van der Waals surface area (Å²) in [6, 6.07) is 6.70. The van der Waals surface area contributed by atoms with E-state index < -0.39 is 5.97 Å². The Morgan fingerprint density at radius 1 is 1.16 bits per heavy atom. The zero-order valence-corrected chi connectivity index (χ0v) is 18.2. The van der Waals surface area contributed by atoms with E-state index in [1.165, 1.54) is 15.8 Å². The van der Waals surface area contributed by atoms with E-state index in [0.717, 1.165) is 36.1 Å². The van der Waals surface area contributed by atoms with Crippen LogP contribution in [0.15, 0.2) is 35.4 Å². The molecule has 0 atom stereocenters. The zero-order chi connectivity index (χ0) is 21.8. The highest BCUT2D eigenvalue weighted by molar-refractivity contribution is 7.18. The number of ether oxygens (including phenoxy) is 2. The normalized spacial score (nSPS) is 13.1. The first kappa shape index (κ1) is 21.2. The van der Waals surface area contributed by atoms with Gasteiger partial charge in [-0.05, 0) is 62.4 Å². The lowest BCUT2D eigenvalue weighted by molar-refractivity contribution is -0.142. The van der Waals surface area contributed by atoms with E-state index in [2.05, 4.69) is 4.98 Å². The molecule has 3 aromatic rings. The lowest BCUT2D eigenvalue weighted by Crippen LogP contribution is -2.23. The van der Waals surface area contributed by atoms with Crippen molar-refractivity contribution in [2.45, 2.75) is 45.6 Å². The molecule has 0 unspecified atom stereocenters. The number of Topliss-reactive ketones (excluding diaryl/α,β-unsaturated/α-hetero) is 1. The predicted octanol–water partition coefficient (Wildman–Crippen LogP) is 3.55. The van der Waals surface area contributed by atoms with E-state index in [1.807, 2.05) is 6.92 Å². The van der Waals surface area contributed by atoms with Crippen LogP contribution < -0.4 is 10.3 Å². The summed E-state index contributed by atoms with van der Waals surface area (Å²) in [7, 11) is 0. The third-order valence-corrected chi connectivity index (χ3v) is 6.55. The summed E-state index contributed by atoms with van der Waals surface area (Å²) < 4.78 is 11.9. The van der Waals surface area contributed by atoms with Gasteiger partial charge in [-0.15, -0.1) is 11.3 Å². The summed E-state index contributed by atoms with van der Waals surface area (Å²) in [4.78, 5) is 43.7. The molecular weight excluding hydrogens is 416 g/mol. The summed E-state index contributed by atoms with van der Waals surface area (Å²) in [5, 5.41) is 0.696. The zero-order valence-electron chi connectivity index (χ0n) is 17.4. The third kappa shape index (κ3) is 4.69. The standard InChI is InChI=1S/C23H24N2O5S/c1-2-29-16-9-7-15(8-10-16)18(26)13-30-20(27)11-12-25-14-24-22-21(23(25)28)17-5-3-4-6-19(17)31-22/h7-10,14H,2-6,11-13H2,1H3. The molecule has 1 aromatic carbocycles. The molecule has 8 heteroatoms. The minimum atomic E-state index is -0.529.